The first kappa shape index (κ1) is 16.0. The van der Waals surface area contributed by atoms with Crippen LogP contribution >= 0.6 is 0 Å². The zero-order chi connectivity index (χ0) is 17.6. The van der Waals surface area contributed by atoms with E-state index in [2.05, 4.69) is 26.0 Å². The Labute approximate surface area is 147 Å². The van der Waals surface area contributed by atoms with Gasteiger partial charge in [0, 0.05) is 5.71 Å². The molecule has 1 atom stereocenters. The highest BCUT2D eigenvalue weighted by atomic mass is 19.1. The van der Waals surface area contributed by atoms with Crippen molar-refractivity contribution in [2.75, 3.05) is 4.90 Å². The Morgan fingerprint density at radius 3 is 2.64 bits per heavy atom. The van der Waals surface area contributed by atoms with Gasteiger partial charge >= 0.3 is 0 Å². The summed E-state index contributed by atoms with van der Waals surface area (Å²) in [4.78, 5) is 19.9. The summed E-state index contributed by atoms with van der Waals surface area (Å²) < 4.78 is 13.2. The summed E-state index contributed by atoms with van der Waals surface area (Å²) >= 11 is 0. The summed E-state index contributed by atoms with van der Waals surface area (Å²) in [5.41, 5.74) is 5.98. The first-order valence-electron chi connectivity index (χ1n) is 8.77. The van der Waals surface area contributed by atoms with Crippen molar-refractivity contribution in [3.05, 3.63) is 58.9 Å². The van der Waals surface area contributed by atoms with Crippen molar-refractivity contribution in [2.45, 2.75) is 39.7 Å². The maximum absolute atomic E-state index is 13.2. The lowest BCUT2D eigenvalue weighted by Gasteiger charge is -2.25. The molecule has 4 rings (SSSR count). The fourth-order valence-electron chi connectivity index (χ4n) is 3.72. The number of amides is 1. The van der Waals surface area contributed by atoms with E-state index in [4.69, 9.17) is 4.99 Å². The first-order chi connectivity index (χ1) is 12.0. The molecule has 0 bridgehead atoms. The maximum atomic E-state index is 13.2. The predicted molar refractivity (Wildman–Crippen MR) is 97.9 cm³/mol. The molecule has 2 aromatic carbocycles. The highest BCUT2D eigenvalue weighted by Crippen LogP contribution is 2.40. The topological polar surface area (TPSA) is 32.7 Å². The molecule has 1 fully saturated rings. The van der Waals surface area contributed by atoms with E-state index >= 15 is 0 Å². The maximum Gasteiger partial charge on any atom is 0.236 e. The molecule has 128 valence electrons. The van der Waals surface area contributed by atoms with Crippen LogP contribution in [-0.4, -0.2) is 11.6 Å². The second kappa shape index (κ2) is 6.10. The molecular formula is C21H21FN2O. The number of carbonyl (C=O) groups excluding carboxylic acids is 1. The average Bonchev–Trinajstić information content (AvgIpc) is 3.02. The van der Waals surface area contributed by atoms with Gasteiger partial charge in [0.15, 0.2) is 0 Å². The van der Waals surface area contributed by atoms with Crippen molar-refractivity contribution in [2.24, 2.45) is 10.9 Å². The number of anilines is 1. The molecular weight excluding hydrogens is 315 g/mol. The first-order valence-corrected chi connectivity index (χ1v) is 8.77. The minimum absolute atomic E-state index is 0.113. The van der Waals surface area contributed by atoms with Gasteiger partial charge in [0.1, 0.15) is 5.82 Å². The summed E-state index contributed by atoms with van der Waals surface area (Å²) in [6.45, 7) is 4.56. The molecule has 1 aliphatic heterocycles. The Balaban J connectivity index is 1.81. The second-order valence-corrected chi connectivity index (χ2v) is 7.02. The van der Waals surface area contributed by atoms with Gasteiger partial charge in [-0.05, 0) is 74.1 Å². The van der Waals surface area contributed by atoms with Crippen LogP contribution in [0.25, 0.3) is 0 Å². The molecule has 1 saturated carbocycles. The standard InChI is InChI=1S/C21H21FN2O/c1-13-10-19-20(11-14(13)2)24(12-15-6-8-16(22)9-7-15)21(25)17-4-3-5-18(17)23-19/h6-11,17H,3-5,12H2,1-2H3/t17-/m1/s1. The van der Waals surface area contributed by atoms with E-state index in [1.807, 2.05) is 4.90 Å². The third-order valence-corrected chi connectivity index (χ3v) is 5.29. The van der Waals surface area contributed by atoms with Crippen LogP contribution in [-0.2, 0) is 11.3 Å². The van der Waals surface area contributed by atoms with Gasteiger partial charge in [-0.15, -0.1) is 0 Å². The molecule has 1 amide bonds. The van der Waals surface area contributed by atoms with Gasteiger partial charge in [-0.2, -0.15) is 0 Å². The van der Waals surface area contributed by atoms with Gasteiger partial charge in [-0.1, -0.05) is 12.1 Å². The zero-order valence-corrected chi connectivity index (χ0v) is 14.6. The SMILES string of the molecule is Cc1cc2c(cc1C)N(Cc1ccc(F)cc1)C(=O)[C@@H]1CCCC1=N2. The van der Waals surface area contributed by atoms with Crippen LogP contribution in [0.4, 0.5) is 15.8 Å². The molecule has 0 aromatic heterocycles. The number of rotatable bonds is 2. The summed E-state index contributed by atoms with van der Waals surface area (Å²) in [6.07, 6.45) is 2.77. The number of hydrogen-bond acceptors (Lipinski definition) is 2. The van der Waals surface area contributed by atoms with Gasteiger partial charge in [-0.25, -0.2) is 4.39 Å². The largest absolute Gasteiger partial charge is 0.305 e. The van der Waals surface area contributed by atoms with Crippen LogP contribution in [0.3, 0.4) is 0 Å². The highest BCUT2D eigenvalue weighted by Gasteiger charge is 2.36. The lowest BCUT2D eigenvalue weighted by molar-refractivity contribution is -0.120. The lowest BCUT2D eigenvalue weighted by Crippen LogP contribution is -2.36. The summed E-state index contributed by atoms with van der Waals surface area (Å²) in [7, 11) is 0. The van der Waals surface area contributed by atoms with Gasteiger partial charge < -0.3 is 4.90 Å². The Kier molecular flexibility index (Phi) is 3.91. The zero-order valence-electron chi connectivity index (χ0n) is 14.6. The molecule has 0 saturated heterocycles. The lowest BCUT2D eigenvalue weighted by atomic mass is 10.0. The molecule has 3 nitrogen and oxygen atoms in total. The van der Waals surface area contributed by atoms with Crippen molar-refractivity contribution in [1.29, 1.82) is 0 Å². The van der Waals surface area contributed by atoms with E-state index in [9.17, 15) is 9.18 Å². The van der Waals surface area contributed by atoms with E-state index in [-0.39, 0.29) is 17.6 Å². The fraction of sp³-hybridized carbons (Fsp3) is 0.333. The van der Waals surface area contributed by atoms with E-state index in [1.165, 1.54) is 17.7 Å². The van der Waals surface area contributed by atoms with Gasteiger partial charge in [-0.3, -0.25) is 9.79 Å². The van der Waals surface area contributed by atoms with E-state index in [0.29, 0.717) is 6.54 Å². The van der Waals surface area contributed by atoms with Crippen LogP contribution in [0.2, 0.25) is 0 Å². The smallest absolute Gasteiger partial charge is 0.236 e. The Hall–Kier alpha value is -2.49. The van der Waals surface area contributed by atoms with Gasteiger partial charge in [0.05, 0.1) is 23.8 Å². The molecule has 2 aliphatic rings. The molecule has 1 heterocycles. The number of hydrogen-bond donors (Lipinski definition) is 0. The molecule has 4 heteroatoms. The van der Waals surface area contributed by atoms with Crippen LogP contribution in [0.5, 0.6) is 0 Å². The van der Waals surface area contributed by atoms with Crippen LogP contribution < -0.4 is 4.90 Å². The Bertz CT molecular complexity index is 870. The van der Waals surface area contributed by atoms with Crippen LogP contribution in [0.1, 0.15) is 36.0 Å². The quantitative estimate of drug-likeness (QED) is 0.771. The predicted octanol–water partition coefficient (Wildman–Crippen LogP) is 4.86. The minimum atomic E-state index is -0.265. The Morgan fingerprint density at radius 2 is 1.88 bits per heavy atom. The summed E-state index contributed by atoms with van der Waals surface area (Å²) in [6, 6.07) is 10.5. The molecule has 25 heavy (non-hydrogen) atoms. The third-order valence-electron chi connectivity index (χ3n) is 5.29. The van der Waals surface area contributed by atoms with Crippen LogP contribution in [0, 0.1) is 25.6 Å². The fourth-order valence-corrected chi connectivity index (χ4v) is 3.72. The van der Waals surface area contributed by atoms with Crippen molar-refractivity contribution in [3.63, 3.8) is 0 Å². The summed E-state index contributed by atoms with van der Waals surface area (Å²) in [5.74, 6) is -0.268. The Morgan fingerprint density at radius 1 is 1.16 bits per heavy atom. The third kappa shape index (κ3) is 2.86. The van der Waals surface area contributed by atoms with Crippen molar-refractivity contribution in [1.82, 2.24) is 0 Å². The number of aryl methyl sites for hydroxylation is 2. The number of benzene rings is 2. The van der Waals surface area contributed by atoms with E-state index < -0.39 is 0 Å². The van der Waals surface area contributed by atoms with Crippen LogP contribution in [0.15, 0.2) is 41.4 Å². The monoisotopic (exact) mass is 336 g/mol. The minimum Gasteiger partial charge on any atom is -0.305 e. The van der Waals surface area contributed by atoms with Crippen molar-refractivity contribution in [3.8, 4) is 0 Å². The van der Waals surface area contributed by atoms with Crippen molar-refractivity contribution < 1.29 is 9.18 Å². The number of fused-ring (bicyclic) bond motifs is 2. The molecule has 0 unspecified atom stereocenters. The second-order valence-electron chi connectivity index (χ2n) is 7.02. The van der Waals surface area contributed by atoms with E-state index in [0.717, 1.165) is 47.5 Å². The number of nitrogens with zero attached hydrogens (tertiary/aromatic N) is 2. The molecule has 0 spiro atoms. The van der Waals surface area contributed by atoms with Gasteiger partial charge in [0.25, 0.3) is 0 Å². The number of carbonyl (C=O) groups is 1. The number of halogens is 1. The van der Waals surface area contributed by atoms with E-state index in [1.54, 1.807) is 12.1 Å². The highest BCUT2D eigenvalue weighted by molar-refractivity contribution is 6.15. The van der Waals surface area contributed by atoms with Gasteiger partial charge in [0.2, 0.25) is 5.91 Å². The molecule has 0 radical (unpaired) electrons. The molecule has 0 N–H and O–H groups in total. The normalized spacial score (nSPS) is 19.3. The molecule has 1 aliphatic carbocycles. The van der Waals surface area contributed by atoms with Crippen molar-refractivity contribution >= 4 is 23.0 Å². The average molecular weight is 336 g/mol. The number of aliphatic imine (C=N–C) groups is 1. The molecule has 2 aromatic rings. The summed E-state index contributed by atoms with van der Waals surface area (Å²) in [5, 5.41) is 0.